The summed E-state index contributed by atoms with van der Waals surface area (Å²) in [7, 11) is 32.0. The maximum absolute atomic E-state index is 6.58. The second-order valence-corrected chi connectivity index (χ2v) is 13.2. The SMILES string of the molecule is [B]c1c([B])c([B])c(-c2nc(-c3ccc4oc5c(-c6ccc7ccccc7c6)cccc5c4c3)nc(-n3c4ccccc4c4ccccc43)n2)c([B])c1[B]. The highest BCUT2D eigenvalue weighted by Gasteiger charge is 2.21. The van der Waals surface area contributed by atoms with Crippen LogP contribution in [-0.4, -0.2) is 58.8 Å². The van der Waals surface area contributed by atoms with Gasteiger partial charge < -0.3 is 4.42 Å². The van der Waals surface area contributed by atoms with Crippen molar-refractivity contribution in [3.8, 4) is 39.9 Å². The fraction of sp³-hybridized carbons (Fsp3) is 0. The maximum atomic E-state index is 6.58. The molecular weight excluding hydrogens is 643 g/mol. The first-order valence-electron chi connectivity index (χ1n) is 17.1. The molecule has 0 saturated heterocycles. The van der Waals surface area contributed by atoms with Gasteiger partial charge in [-0.2, -0.15) is 9.97 Å². The van der Waals surface area contributed by atoms with Crippen molar-refractivity contribution in [3.63, 3.8) is 0 Å². The van der Waals surface area contributed by atoms with Crippen molar-refractivity contribution in [2.45, 2.75) is 0 Å². The lowest BCUT2D eigenvalue weighted by atomic mass is 9.60. The minimum absolute atomic E-state index is 0.112. The van der Waals surface area contributed by atoms with Crippen LogP contribution >= 0.6 is 0 Å². The van der Waals surface area contributed by atoms with Gasteiger partial charge in [0.05, 0.1) is 11.0 Å². The van der Waals surface area contributed by atoms with Gasteiger partial charge in [-0.1, -0.05) is 102 Å². The van der Waals surface area contributed by atoms with E-state index in [1.807, 2.05) is 65.2 Å². The average molecular weight is 664 g/mol. The third-order valence-electron chi connectivity index (χ3n) is 10.1. The molecule has 3 heterocycles. The van der Waals surface area contributed by atoms with Crippen molar-refractivity contribution in [1.82, 2.24) is 19.5 Å². The summed E-state index contributed by atoms with van der Waals surface area (Å²) in [4.78, 5) is 15.0. The predicted molar refractivity (Wildman–Crippen MR) is 222 cm³/mol. The van der Waals surface area contributed by atoms with Gasteiger partial charge in [0.15, 0.2) is 11.6 Å². The van der Waals surface area contributed by atoms with Crippen LogP contribution in [0.1, 0.15) is 0 Å². The molecule has 0 N–H and O–H groups in total. The molecular formula is C43H21B5N4O. The van der Waals surface area contributed by atoms with E-state index >= 15 is 0 Å². The molecule has 0 aliphatic rings. The quantitative estimate of drug-likeness (QED) is 0.249. The highest BCUT2D eigenvalue weighted by Crippen LogP contribution is 2.38. The van der Waals surface area contributed by atoms with E-state index < -0.39 is 0 Å². The van der Waals surface area contributed by atoms with Gasteiger partial charge >= 0.3 is 0 Å². The van der Waals surface area contributed by atoms with Crippen LogP contribution in [0.15, 0.2) is 132 Å². The molecule has 234 valence electrons. The molecule has 0 bridgehead atoms. The highest BCUT2D eigenvalue weighted by molar-refractivity contribution is 6.68. The first-order chi connectivity index (χ1) is 25.9. The van der Waals surface area contributed by atoms with Gasteiger partial charge in [0.2, 0.25) is 5.95 Å². The molecule has 3 aromatic heterocycles. The molecule has 0 unspecified atom stereocenters. The van der Waals surface area contributed by atoms with Crippen molar-refractivity contribution >= 4 is 121 Å². The Hall–Kier alpha value is -6.27. The lowest BCUT2D eigenvalue weighted by Crippen LogP contribution is -2.55. The minimum atomic E-state index is 0.112. The molecule has 0 spiro atoms. The van der Waals surface area contributed by atoms with Crippen molar-refractivity contribution in [2.24, 2.45) is 0 Å². The van der Waals surface area contributed by atoms with Crippen molar-refractivity contribution in [3.05, 3.63) is 127 Å². The van der Waals surface area contributed by atoms with E-state index in [2.05, 4.69) is 66.7 Å². The van der Waals surface area contributed by atoms with E-state index in [0.717, 1.165) is 65.8 Å². The lowest BCUT2D eigenvalue weighted by molar-refractivity contribution is 0.670. The number of furan rings is 1. The Bertz CT molecular complexity index is 3070. The Kier molecular flexibility index (Phi) is 7.06. The molecule has 53 heavy (non-hydrogen) atoms. The molecule has 0 aliphatic carbocycles. The number of rotatable bonds is 4. The van der Waals surface area contributed by atoms with Gasteiger partial charge in [0, 0.05) is 38.2 Å². The van der Waals surface area contributed by atoms with Gasteiger partial charge in [0.1, 0.15) is 50.4 Å². The van der Waals surface area contributed by atoms with E-state index in [1.165, 1.54) is 5.39 Å². The summed E-state index contributed by atoms with van der Waals surface area (Å²) in [5.74, 6) is 0.962. The van der Waals surface area contributed by atoms with Crippen molar-refractivity contribution in [1.29, 1.82) is 0 Å². The Balaban J connectivity index is 1.22. The van der Waals surface area contributed by atoms with Gasteiger partial charge in [-0.3, -0.25) is 4.57 Å². The summed E-state index contributed by atoms with van der Waals surface area (Å²) < 4.78 is 8.56. The van der Waals surface area contributed by atoms with Gasteiger partial charge in [-0.25, -0.2) is 4.98 Å². The lowest BCUT2D eigenvalue weighted by Gasteiger charge is -2.20. The van der Waals surface area contributed by atoms with E-state index in [1.54, 1.807) is 0 Å². The third kappa shape index (κ3) is 4.82. The van der Waals surface area contributed by atoms with Crippen LogP contribution < -0.4 is 27.3 Å². The topological polar surface area (TPSA) is 56.7 Å². The molecule has 10 aromatic rings. The smallest absolute Gasteiger partial charge is 0.238 e. The second-order valence-electron chi connectivity index (χ2n) is 13.2. The summed E-state index contributed by atoms with van der Waals surface area (Å²) in [6.45, 7) is 0. The largest absolute Gasteiger partial charge is 0.455 e. The van der Waals surface area contributed by atoms with E-state index in [9.17, 15) is 0 Å². The molecule has 7 aromatic carbocycles. The number of benzene rings is 7. The predicted octanol–water partition coefficient (Wildman–Crippen LogP) is 4.99. The van der Waals surface area contributed by atoms with Crippen LogP contribution in [0, 0.1) is 0 Å². The van der Waals surface area contributed by atoms with Gasteiger partial charge in [0.25, 0.3) is 0 Å². The zero-order valence-electron chi connectivity index (χ0n) is 28.2. The fourth-order valence-corrected chi connectivity index (χ4v) is 7.46. The zero-order chi connectivity index (χ0) is 36.0. The highest BCUT2D eigenvalue weighted by atomic mass is 16.3. The molecule has 0 aliphatic heterocycles. The maximum Gasteiger partial charge on any atom is 0.238 e. The van der Waals surface area contributed by atoms with Gasteiger partial charge in [-0.05, 0) is 52.7 Å². The number of aromatic nitrogens is 4. The number of hydrogen-bond acceptors (Lipinski definition) is 4. The molecule has 0 amide bonds. The molecule has 5 nitrogen and oxygen atoms in total. The third-order valence-corrected chi connectivity index (χ3v) is 10.1. The van der Waals surface area contributed by atoms with E-state index in [-0.39, 0.29) is 38.7 Å². The van der Waals surface area contributed by atoms with Crippen LogP contribution in [0.25, 0.3) is 94.4 Å². The van der Waals surface area contributed by atoms with Crippen molar-refractivity contribution in [2.75, 3.05) is 0 Å². The average Bonchev–Trinajstić information content (AvgIpc) is 3.75. The summed E-state index contributed by atoms with van der Waals surface area (Å²) in [6.07, 6.45) is 0. The molecule has 0 atom stereocenters. The molecule has 10 heteroatoms. The van der Waals surface area contributed by atoms with Crippen molar-refractivity contribution < 1.29 is 4.42 Å². The Morgan fingerprint density at radius 3 is 1.79 bits per heavy atom. The summed E-state index contributed by atoms with van der Waals surface area (Å²) in [6, 6.07) is 43.2. The zero-order valence-corrected chi connectivity index (χ0v) is 28.2. The van der Waals surface area contributed by atoms with E-state index in [0.29, 0.717) is 11.8 Å². The first-order valence-corrected chi connectivity index (χ1v) is 17.1. The standard InChI is InChI=1S/C43H21B5N4O/c44-35-34(36(45)38(47)39(48)37(35)46)42-49-41(50-43(51-42)52-31-14-5-3-10-27(31)28-11-4-6-15-32(28)52)25-18-19-33-30(21-25)29-13-7-12-26(40(29)53-33)24-17-16-22-8-1-2-9-23(22)20-24/h1-21H. The number of hydrogen-bond donors (Lipinski definition) is 0. The number of nitrogens with zero attached hydrogens (tertiary/aromatic N) is 4. The van der Waals surface area contributed by atoms with Crippen LogP contribution in [0.3, 0.4) is 0 Å². The molecule has 0 fully saturated rings. The molecule has 0 saturated carbocycles. The number of para-hydroxylation sites is 3. The Morgan fingerprint density at radius 1 is 0.453 bits per heavy atom. The molecule has 10 rings (SSSR count). The van der Waals surface area contributed by atoms with Crippen LogP contribution in [0.2, 0.25) is 0 Å². The van der Waals surface area contributed by atoms with Crippen LogP contribution in [0.4, 0.5) is 0 Å². The Labute approximate surface area is 311 Å². The molecule has 10 radical (unpaired) electrons. The normalized spacial score (nSPS) is 11.8. The van der Waals surface area contributed by atoms with E-state index in [4.69, 9.17) is 58.6 Å². The van der Waals surface area contributed by atoms with Gasteiger partial charge in [-0.15, -0.1) is 16.4 Å². The summed E-state index contributed by atoms with van der Waals surface area (Å²) in [5, 5.41) is 6.34. The monoisotopic (exact) mass is 664 g/mol. The summed E-state index contributed by atoms with van der Waals surface area (Å²) in [5.41, 5.74) is 7.09. The number of fused-ring (bicyclic) bond motifs is 7. The van der Waals surface area contributed by atoms with Crippen LogP contribution in [0.5, 0.6) is 0 Å². The first kappa shape index (κ1) is 31.5. The minimum Gasteiger partial charge on any atom is -0.455 e. The fourth-order valence-electron chi connectivity index (χ4n) is 7.46. The Morgan fingerprint density at radius 2 is 1.06 bits per heavy atom. The second kappa shape index (κ2) is 11.9. The van der Waals surface area contributed by atoms with Crippen LogP contribution in [-0.2, 0) is 0 Å². The summed E-state index contributed by atoms with van der Waals surface area (Å²) >= 11 is 0.